The van der Waals surface area contributed by atoms with Crippen molar-refractivity contribution in [3.8, 4) is 5.75 Å². The molecule has 0 aromatic heterocycles. The van der Waals surface area contributed by atoms with Crippen LogP contribution in [0.1, 0.15) is 18.9 Å². The van der Waals surface area contributed by atoms with Crippen LogP contribution in [-0.2, 0) is 9.53 Å². The molecule has 0 aliphatic carbocycles. The number of nitrogens with one attached hydrogen (secondary N) is 1. The second-order valence-electron chi connectivity index (χ2n) is 4.59. The summed E-state index contributed by atoms with van der Waals surface area (Å²) in [6.07, 6.45) is 0.871. The highest BCUT2D eigenvalue weighted by molar-refractivity contribution is 5.94. The van der Waals surface area contributed by atoms with Crippen LogP contribution in [0.5, 0.6) is 5.75 Å². The first-order valence-electron chi connectivity index (χ1n) is 5.78. The molecule has 1 aromatic rings. The number of carbonyl (C=O) groups excluding carboxylic acids is 1. The lowest BCUT2D eigenvalue weighted by molar-refractivity contribution is -0.119. The summed E-state index contributed by atoms with van der Waals surface area (Å²) in [4.78, 5) is 11.9. The topological polar surface area (TPSA) is 58.6 Å². The van der Waals surface area contributed by atoms with Gasteiger partial charge in [0.1, 0.15) is 5.75 Å². The van der Waals surface area contributed by atoms with E-state index in [1.807, 2.05) is 19.9 Å². The van der Waals surface area contributed by atoms with Crippen molar-refractivity contribution in [2.45, 2.75) is 26.4 Å². The molecule has 0 saturated carbocycles. The zero-order chi connectivity index (χ0) is 12.4. The maximum atomic E-state index is 11.9. The summed E-state index contributed by atoms with van der Waals surface area (Å²) in [6.45, 7) is 4.30. The fraction of sp³-hybridized carbons (Fsp3) is 0.462. The van der Waals surface area contributed by atoms with E-state index in [0.29, 0.717) is 12.3 Å². The zero-order valence-corrected chi connectivity index (χ0v) is 10.1. The first kappa shape index (κ1) is 11.9. The highest BCUT2D eigenvalue weighted by atomic mass is 16.5. The van der Waals surface area contributed by atoms with Crippen molar-refractivity contribution >= 4 is 11.6 Å². The number of phenolic OH excluding ortho intramolecular Hbond substituents is 1. The molecular weight excluding hydrogens is 218 g/mol. The van der Waals surface area contributed by atoms with Crippen LogP contribution in [-0.4, -0.2) is 23.7 Å². The largest absolute Gasteiger partial charge is 0.506 e. The first-order chi connectivity index (χ1) is 8.06. The van der Waals surface area contributed by atoms with Gasteiger partial charge in [0.2, 0.25) is 5.91 Å². The van der Waals surface area contributed by atoms with E-state index in [9.17, 15) is 9.90 Å². The van der Waals surface area contributed by atoms with Gasteiger partial charge >= 0.3 is 0 Å². The van der Waals surface area contributed by atoms with E-state index < -0.39 is 0 Å². The van der Waals surface area contributed by atoms with Gasteiger partial charge in [0.25, 0.3) is 0 Å². The Balaban J connectivity index is 2.03. The molecule has 92 valence electrons. The smallest absolute Gasteiger partial charge is 0.230 e. The van der Waals surface area contributed by atoms with Crippen LogP contribution < -0.4 is 5.32 Å². The van der Waals surface area contributed by atoms with Crippen molar-refractivity contribution in [2.24, 2.45) is 5.92 Å². The lowest BCUT2D eigenvalue weighted by Crippen LogP contribution is -2.23. The van der Waals surface area contributed by atoms with Crippen molar-refractivity contribution in [2.75, 3.05) is 11.9 Å². The molecule has 1 amide bonds. The first-order valence-corrected chi connectivity index (χ1v) is 5.78. The Hall–Kier alpha value is -1.55. The summed E-state index contributed by atoms with van der Waals surface area (Å²) in [5.41, 5.74) is 1.42. The summed E-state index contributed by atoms with van der Waals surface area (Å²) in [6, 6.07) is 5.19. The molecule has 0 spiro atoms. The number of benzene rings is 1. The molecule has 2 rings (SSSR count). The predicted molar refractivity (Wildman–Crippen MR) is 65.0 cm³/mol. The monoisotopic (exact) mass is 235 g/mol. The Bertz CT molecular complexity index is 431. The van der Waals surface area contributed by atoms with Gasteiger partial charge in [0.05, 0.1) is 24.3 Å². The molecule has 1 saturated heterocycles. The van der Waals surface area contributed by atoms with Gasteiger partial charge in [-0.2, -0.15) is 0 Å². The number of aryl methyl sites for hydroxylation is 1. The molecule has 0 radical (unpaired) electrons. The number of phenols is 1. The van der Waals surface area contributed by atoms with Gasteiger partial charge in [-0.05, 0) is 38.0 Å². The molecule has 4 nitrogen and oxygen atoms in total. The van der Waals surface area contributed by atoms with E-state index in [-0.39, 0.29) is 23.7 Å². The number of carbonyl (C=O) groups is 1. The van der Waals surface area contributed by atoms with Gasteiger partial charge in [-0.15, -0.1) is 0 Å². The second kappa shape index (κ2) is 4.75. The molecule has 2 atom stereocenters. The Morgan fingerprint density at radius 3 is 2.88 bits per heavy atom. The van der Waals surface area contributed by atoms with E-state index in [1.165, 1.54) is 0 Å². The van der Waals surface area contributed by atoms with Crippen molar-refractivity contribution in [1.29, 1.82) is 0 Å². The molecule has 1 aliphatic rings. The Labute approximate surface area is 101 Å². The third-order valence-electron chi connectivity index (χ3n) is 2.98. The zero-order valence-electron chi connectivity index (χ0n) is 10.1. The van der Waals surface area contributed by atoms with Crippen LogP contribution >= 0.6 is 0 Å². The van der Waals surface area contributed by atoms with Crippen molar-refractivity contribution < 1.29 is 14.6 Å². The van der Waals surface area contributed by atoms with Crippen molar-refractivity contribution in [1.82, 2.24) is 0 Å². The molecule has 2 unspecified atom stereocenters. The fourth-order valence-corrected chi connectivity index (χ4v) is 1.98. The van der Waals surface area contributed by atoms with E-state index >= 15 is 0 Å². The van der Waals surface area contributed by atoms with Crippen molar-refractivity contribution in [3.63, 3.8) is 0 Å². The maximum Gasteiger partial charge on any atom is 0.230 e. The summed E-state index contributed by atoms with van der Waals surface area (Å²) in [5.74, 6) is -0.107. The van der Waals surface area contributed by atoms with Crippen molar-refractivity contribution in [3.05, 3.63) is 23.8 Å². The van der Waals surface area contributed by atoms with Crippen LogP contribution in [0.2, 0.25) is 0 Å². The van der Waals surface area contributed by atoms with Gasteiger partial charge in [-0.1, -0.05) is 6.07 Å². The quantitative estimate of drug-likeness (QED) is 0.771. The maximum absolute atomic E-state index is 11.9. The van der Waals surface area contributed by atoms with E-state index in [2.05, 4.69) is 5.32 Å². The number of anilines is 1. The average molecular weight is 235 g/mol. The summed E-state index contributed by atoms with van der Waals surface area (Å²) < 4.78 is 5.35. The Morgan fingerprint density at radius 1 is 1.53 bits per heavy atom. The van der Waals surface area contributed by atoms with Crippen LogP contribution in [0.3, 0.4) is 0 Å². The normalized spacial score (nSPS) is 23.6. The summed E-state index contributed by atoms with van der Waals surface area (Å²) in [7, 11) is 0. The highest BCUT2D eigenvalue weighted by Crippen LogP contribution is 2.26. The standard InChI is InChI=1S/C13H17NO3/c1-8-3-4-11(12(15)5-8)14-13(16)10-6-9(2)17-7-10/h3-5,9-10,15H,6-7H2,1-2H3,(H,14,16). The average Bonchev–Trinajstić information content (AvgIpc) is 2.69. The number of hydrogen-bond acceptors (Lipinski definition) is 3. The number of ether oxygens (including phenoxy) is 1. The minimum atomic E-state index is -0.120. The minimum absolute atomic E-state index is 0.0893. The van der Waals surface area contributed by atoms with Gasteiger partial charge in [0, 0.05) is 0 Å². The molecular formula is C13H17NO3. The molecule has 0 bridgehead atoms. The highest BCUT2D eigenvalue weighted by Gasteiger charge is 2.28. The van der Waals surface area contributed by atoms with E-state index in [4.69, 9.17) is 4.74 Å². The van der Waals surface area contributed by atoms with Gasteiger partial charge in [-0.3, -0.25) is 4.79 Å². The number of rotatable bonds is 2. The summed E-state index contributed by atoms with van der Waals surface area (Å²) >= 11 is 0. The molecule has 2 N–H and O–H groups in total. The van der Waals surface area contributed by atoms with Crippen LogP contribution in [0.4, 0.5) is 5.69 Å². The molecule has 17 heavy (non-hydrogen) atoms. The summed E-state index contributed by atoms with van der Waals surface area (Å²) in [5, 5.41) is 12.4. The molecule has 1 aliphatic heterocycles. The number of amides is 1. The Kier molecular flexibility index (Phi) is 3.33. The predicted octanol–water partition coefficient (Wildman–Crippen LogP) is 2.06. The minimum Gasteiger partial charge on any atom is -0.506 e. The third kappa shape index (κ3) is 2.77. The molecule has 1 aromatic carbocycles. The van der Waals surface area contributed by atoms with Gasteiger partial charge < -0.3 is 15.2 Å². The van der Waals surface area contributed by atoms with Gasteiger partial charge in [0.15, 0.2) is 0 Å². The van der Waals surface area contributed by atoms with Gasteiger partial charge in [-0.25, -0.2) is 0 Å². The lowest BCUT2D eigenvalue weighted by atomic mass is 10.1. The van der Waals surface area contributed by atoms with Crippen LogP contribution in [0.15, 0.2) is 18.2 Å². The lowest BCUT2D eigenvalue weighted by Gasteiger charge is -2.11. The van der Waals surface area contributed by atoms with Crippen LogP contribution in [0, 0.1) is 12.8 Å². The van der Waals surface area contributed by atoms with Crippen LogP contribution in [0.25, 0.3) is 0 Å². The fourth-order valence-electron chi connectivity index (χ4n) is 1.98. The third-order valence-corrected chi connectivity index (χ3v) is 2.98. The Morgan fingerprint density at radius 2 is 2.29 bits per heavy atom. The number of aromatic hydroxyl groups is 1. The molecule has 4 heteroatoms. The van der Waals surface area contributed by atoms with E-state index in [0.717, 1.165) is 12.0 Å². The second-order valence-corrected chi connectivity index (χ2v) is 4.59. The molecule has 1 heterocycles. The molecule has 1 fully saturated rings. The SMILES string of the molecule is Cc1ccc(NC(=O)C2COC(C)C2)c(O)c1. The number of hydrogen-bond donors (Lipinski definition) is 2. The van der Waals surface area contributed by atoms with E-state index in [1.54, 1.807) is 12.1 Å².